The van der Waals surface area contributed by atoms with E-state index >= 15 is 0 Å². The number of hydrogen-bond donors (Lipinski definition) is 0. The van der Waals surface area contributed by atoms with Crippen molar-refractivity contribution in [1.82, 2.24) is 29.4 Å². The number of aromatic nitrogens is 6. The molecule has 4 aromatic heterocycles. The quantitative estimate of drug-likeness (QED) is 0.404. The Morgan fingerprint density at radius 1 is 1.23 bits per heavy atom. The molecule has 0 aromatic carbocycles. The first-order valence-corrected chi connectivity index (χ1v) is 8.92. The smallest absolute Gasteiger partial charge is 0.258 e. The number of thiophene rings is 1. The molecule has 0 N–H and O–H groups in total. The van der Waals surface area contributed by atoms with Gasteiger partial charge in [0.1, 0.15) is 28.6 Å². The van der Waals surface area contributed by atoms with E-state index in [1.165, 1.54) is 4.88 Å². The Morgan fingerprint density at radius 2 is 1.96 bits per heavy atom. The topological polar surface area (TPSA) is 104 Å². The molecule has 134 valence electrons. The molecule has 0 aliphatic rings. The van der Waals surface area contributed by atoms with Crippen molar-refractivity contribution in [1.29, 1.82) is 0 Å². The van der Waals surface area contributed by atoms with Crippen LogP contribution in [0.3, 0.4) is 0 Å². The summed E-state index contributed by atoms with van der Waals surface area (Å²) in [6.07, 6.45) is 1.65. The van der Waals surface area contributed by atoms with Gasteiger partial charge >= 0.3 is 5.69 Å². The maximum atomic E-state index is 11.3. The SMILES string of the molecule is Cc1nn([C@@H](C)c2nc3c4c(C)c(C)sc4ncn3n2)c(C)c1[N+](=O)[O-]. The fourth-order valence-corrected chi connectivity index (χ4v) is 4.23. The zero-order chi connectivity index (χ0) is 18.7. The van der Waals surface area contributed by atoms with Crippen LogP contribution in [0.5, 0.6) is 0 Å². The molecule has 0 aliphatic heterocycles. The van der Waals surface area contributed by atoms with E-state index < -0.39 is 4.92 Å². The summed E-state index contributed by atoms with van der Waals surface area (Å²) in [6.45, 7) is 9.33. The summed E-state index contributed by atoms with van der Waals surface area (Å²) >= 11 is 1.63. The summed E-state index contributed by atoms with van der Waals surface area (Å²) in [5.41, 5.74) is 2.81. The second-order valence-electron chi connectivity index (χ2n) is 6.34. The van der Waals surface area contributed by atoms with E-state index in [2.05, 4.69) is 29.0 Å². The molecule has 4 heterocycles. The molecule has 0 bridgehead atoms. The molecule has 0 saturated carbocycles. The Kier molecular flexibility index (Phi) is 3.55. The van der Waals surface area contributed by atoms with Gasteiger partial charge < -0.3 is 0 Å². The van der Waals surface area contributed by atoms with Crippen LogP contribution in [0, 0.1) is 37.8 Å². The molecular formula is C16H17N7O2S. The third-order valence-corrected chi connectivity index (χ3v) is 5.85. The van der Waals surface area contributed by atoms with Crippen LogP contribution in [0.1, 0.15) is 40.6 Å². The van der Waals surface area contributed by atoms with Crippen molar-refractivity contribution in [2.24, 2.45) is 0 Å². The third kappa shape index (κ3) is 2.22. The summed E-state index contributed by atoms with van der Waals surface area (Å²) in [5.74, 6) is 0.544. The lowest BCUT2D eigenvalue weighted by atomic mass is 10.2. The molecule has 0 unspecified atom stereocenters. The van der Waals surface area contributed by atoms with E-state index in [0.717, 1.165) is 21.4 Å². The summed E-state index contributed by atoms with van der Waals surface area (Å²) in [6, 6.07) is -0.336. The molecule has 0 aliphatic carbocycles. The van der Waals surface area contributed by atoms with Gasteiger partial charge in [0, 0.05) is 4.88 Å². The van der Waals surface area contributed by atoms with Gasteiger partial charge in [0.25, 0.3) is 0 Å². The normalized spacial score (nSPS) is 13.0. The fraction of sp³-hybridized carbons (Fsp3) is 0.375. The predicted octanol–water partition coefficient (Wildman–Crippen LogP) is 3.29. The van der Waals surface area contributed by atoms with E-state index in [-0.39, 0.29) is 11.7 Å². The molecule has 0 fully saturated rings. The summed E-state index contributed by atoms with van der Waals surface area (Å²) < 4.78 is 3.27. The Balaban J connectivity index is 1.88. The number of hydrogen-bond acceptors (Lipinski definition) is 7. The van der Waals surface area contributed by atoms with Gasteiger partial charge in [0.2, 0.25) is 0 Å². The van der Waals surface area contributed by atoms with Crippen LogP contribution in [0.25, 0.3) is 15.9 Å². The molecule has 9 nitrogen and oxygen atoms in total. The summed E-state index contributed by atoms with van der Waals surface area (Å²) in [7, 11) is 0. The highest BCUT2D eigenvalue weighted by molar-refractivity contribution is 7.18. The highest BCUT2D eigenvalue weighted by Crippen LogP contribution is 2.32. The van der Waals surface area contributed by atoms with Crippen molar-refractivity contribution in [3.8, 4) is 0 Å². The van der Waals surface area contributed by atoms with Gasteiger partial charge in [-0.15, -0.1) is 16.4 Å². The first-order valence-electron chi connectivity index (χ1n) is 8.10. The van der Waals surface area contributed by atoms with Crippen LogP contribution >= 0.6 is 11.3 Å². The first-order chi connectivity index (χ1) is 12.3. The lowest BCUT2D eigenvalue weighted by Gasteiger charge is -2.09. The Labute approximate surface area is 152 Å². The van der Waals surface area contributed by atoms with E-state index in [1.54, 1.807) is 40.7 Å². The van der Waals surface area contributed by atoms with Gasteiger partial charge in [-0.3, -0.25) is 14.8 Å². The van der Waals surface area contributed by atoms with Crippen molar-refractivity contribution < 1.29 is 4.92 Å². The fourth-order valence-electron chi connectivity index (χ4n) is 3.24. The number of nitrogens with zero attached hydrogens (tertiary/aromatic N) is 7. The predicted molar refractivity (Wildman–Crippen MR) is 97.8 cm³/mol. The van der Waals surface area contributed by atoms with Gasteiger partial charge in [-0.25, -0.2) is 14.5 Å². The average molecular weight is 371 g/mol. The minimum atomic E-state index is -0.400. The molecule has 0 spiro atoms. The molecule has 0 saturated heterocycles. The highest BCUT2D eigenvalue weighted by atomic mass is 32.1. The monoisotopic (exact) mass is 371 g/mol. The van der Waals surface area contributed by atoms with Crippen molar-refractivity contribution in [3.63, 3.8) is 0 Å². The molecule has 4 rings (SSSR count). The second-order valence-corrected chi connectivity index (χ2v) is 7.55. The van der Waals surface area contributed by atoms with Crippen LogP contribution in [-0.2, 0) is 0 Å². The van der Waals surface area contributed by atoms with Crippen molar-refractivity contribution >= 4 is 32.9 Å². The van der Waals surface area contributed by atoms with Crippen LogP contribution in [0.15, 0.2) is 6.33 Å². The summed E-state index contributed by atoms with van der Waals surface area (Å²) in [5, 5.41) is 21.1. The summed E-state index contributed by atoms with van der Waals surface area (Å²) in [4.78, 5) is 22.2. The molecule has 1 atom stereocenters. The van der Waals surface area contributed by atoms with Crippen LogP contribution < -0.4 is 0 Å². The lowest BCUT2D eigenvalue weighted by Crippen LogP contribution is -2.12. The average Bonchev–Trinajstić information content (AvgIpc) is 3.21. The second kappa shape index (κ2) is 5.56. The molecule has 0 radical (unpaired) electrons. The first kappa shape index (κ1) is 16.6. The Morgan fingerprint density at radius 3 is 2.62 bits per heavy atom. The maximum absolute atomic E-state index is 11.3. The highest BCUT2D eigenvalue weighted by Gasteiger charge is 2.27. The zero-order valence-electron chi connectivity index (χ0n) is 15.0. The van der Waals surface area contributed by atoms with Gasteiger partial charge in [-0.2, -0.15) is 5.10 Å². The number of fused-ring (bicyclic) bond motifs is 3. The zero-order valence-corrected chi connectivity index (χ0v) is 15.8. The Bertz CT molecular complexity index is 1190. The van der Waals surface area contributed by atoms with Crippen LogP contribution in [0.2, 0.25) is 0 Å². The van der Waals surface area contributed by atoms with E-state index in [9.17, 15) is 10.1 Å². The minimum Gasteiger partial charge on any atom is -0.258 e. The van der Waals surface area contributed by atoms with Crippen molar-refractivity contribution in [2.45, 2.75) is 40.7 Å². The number of nitro groups is 1. The van der Waals surface area contributed by atoms with E-state index in [4.69, 9.17) is 4.98 Å². The van der Waals surface area contributed by atoms with E-state index in [0.29, 0.717) is 17.2 Å². The van der Waals surface area contributed by atoms with Crippen molar-refractivity contribution in [3.05, 3.63) is 44.1 Å². The van der Waals surface area contributed by atoms with Gasteiger partial charge in [-0.1, -0.05) is 0 Å². The molecule has 10 heteroatoms. The largest absolute Gasteiger partial charge is 0.312 e. The van der Waals surface area contributed by atoms with E-state index in [1.807, 2.05) is 6.92 Å². The van der Waals surface area contributed by atoms with Gasteiger partial charge in [-0.05, 0) is 40.2 Å². The molecule has 26 heavy (non-hydrogen) atoms. The van der Waals surface area contributed by atoms with Crippen LogP contribution in [0.4, 0.5) is 5.69 Å². The Hall–Kier alpha value is -2.88. The molecule has 4 aromatic rings. The lowest BCUT2D eigenvalue weighted by molar-refractivity contribution is -0.386. The van der Waals surface area contributed by atoms with Crippen LogP contribution in [-0.4, -0.2) is 34.3 Å². The number of rotatable bonds is 3. The maximum Gasteiger partial charge on any atom is 0.312 e. The third-order valence-electron chi connectivity index (χ3n) is 4.73. The van der Waals surface area contributed by atoms with Gasteiger partial charge in [0.05, 0.1) is 10.3 Å². The van der Waals surface area contributed by atoms with Gasteiger partial charge in [0.15, 0.2) is 11.5 Å². The minimum absolute atomic E-state index is 0.0361. The standard InChI is InChI=1S/C16H17N7O2S/c1-7-11(5)26-16-12(7)15-18-14(20-21(15)6-17-16)10(4)22-9(3)13(23(24)25)8(2)19-22/h6,10H,1-5H3/t10-/m0/s1. The van der Waals surface area contributed by atoms with Crippen molar-refractivity contribution in [2.75, 3.05) is 0 Å². The molecule has 0 amide bonds. The molecular weight excluding hydrogens is 354 g/mol. The number of aryl methyl sites for hydroxylation is 3.